The van der Waals surface area contributed by atoms with Crippen LogP contribution in [0.1, 0.15) is 22.3 Å². The van der Waals surface area contributed by atoms with Crippen molar-refractivity contribution in [1.29, 1.82) is 0 Å². The molecule has 1 fully saturated rings. The van der Waals surface area contributed by atoms with E-state index in [4.69, 9.17) is 4.74 Å². The number of aryl methyl sites for hydroxylation is 2. The van der Waals surface area contributed by atoms with Crippen LogP contribution in [-0.4, -0.2) is 52.8 Å². The Labute approximate surface area is 190 Å². The summed E-state index contributed by atoms with van der Waals surface area (Å²) in [5.41, 5.74) is 2.74. The Morgan fingerprint density at radius 2 is 2.03 bits per heavy atom. The Morgan fingerprint density at radius 3 is 2.70 bits per heavy atom. The molecule has 3 aromatic rings. The van der Waals surface area contributed by atoms with Crippen molar-refractivity contribution < 1.29 is 22.7 Å². The zero-order valence-electron chi connectivity index (χ0n) is 18.4. The first kappa shape index (κ1) is 22.8. The molecule has 0 saturated carbocycles. The van der Waals surface area contributed by atoms with Gasteiger partial charge in [0.15, 0.2) is 0 Å². The molecule has 1 aliphatic heterocycles. The standard InChI is InChI=1S/C24H25F3N4O2/c1-16-13-17(3-5-20(16)25)23(32)29-18-4-6-22(19(14-18)21-7-9-28-30(21)2)33-12-11-31-10-8-24(26,27)15-31/h3-7,9,13-14H,8,10-12,15H2,1-2H3,(H,29,32). The summed E-state index contributed by atoms with van der Waals surface area (Å²) in [4.78, 5) is 14.3. The largest absolute Gasteiger partial charge is 0.492 e. The molecule has 1 aromatic heterocycles. The van der Waals surface area contributed by atoms with E-state index in [9.17, 15) is 18.0 Å². The lowest BCUT2D eigenvalue weighted by atomic mass is 10.1. The lowest BCUT2D eigenvalue weighted by Gasteiger charge is -2.18. The highest BCUT2D eigenvalue weighted by Gasteiger charge is 2.37. The van der Waals surface area contributed by atoms with Crippen LogP contribution < -0.4 is 10.1 Å². The minimum absolute atomic E-state index is 0.130. The molecule has 0 atom stereocenters. The number of likely N-dealkylation sites (tertiary alicyclic amines) is 1. The molecule has 0 spiro atoms. The summed E-state index contributed by atoms with van der Waals surface area (Å²) in [6.45, 7) is 2.34. The number of hydrogen-bond donors (Lipinski definition) is 1. The average Bonchev–Trinajstić information content (AvgIpc) is 3.35. The van der Waals surface area contributed by atoms with Crippen LogP contribution in [0.5, 0.6) is 5.75 Å². The van der Waals surface area contributed by atoms with Gasteiger partial charge in [-0.25, -0.2) is 13.2 Å². The maximum absolute atomic E-state index is 13.5. The summed E-state index contributed by atoms with van der Waals surface area (Å²) in [7, 11) is 1.79. The zero-order valence-corrected chi connectivity index (χ0v) is 18.4. The number of benzene rings is 2. The van der Waals surface area contributed by atoms with Gasteiger partial charge in [0.05, 0.1) is 12.2 Å². The van der Waals surface area contributed by atoms with Gasteiger partial charge in [-0.3, -0.25) is 14.4 Å². The molecule has 0 bridgehead atoms. The summed E-state index contributed by atoms with van der Waals surface area (Å²) >= 11 is 0. The Hall–Kier alpha value is -3.33. The summed E-state index contributed by atoms with van der Waals surface area (Å²) in [5, 5.41) is 7.02. The van der Waals surface area contributed by atoms with Gasteiger partial charge in [-0.15, -0.1) is 0 Å². The van der Waals surface area contributed by atoms with Crippen molar-refractivity contribution in [3.63, 3.8) is 0 Å². The van der Waals surface area contributed by atoms with Gasteiger partial charge < -0.3 is 10.1 Å². The van der Waals surface area contributed by atoms with E-state index >= 15 is 0 Å². The minimum Gasteiger partial charge on any atom is -0.492 e. The third kappa shape index (κ3) is 5.36. The van der Waals surface area contributed by atoms with Crippen LogP contribution in [0.2, 0.25) is 0 Å². The molecule has 2 heterocycles. The number of aromatic nitrogens is 2. The highest BCUT2D eigenvalue weighted by molar-refractivity contribution is 6.04. The van der Waals surface area contributed by atoms with Gasteiger partial charge >= 0.3 is 0 Å². The highest BCUT2D eigenvalue weighted by Crippen LogP contribution is 2.33. The molecule has 1 N–H and O–H groups in total. The van der Waals surface area contributed by atoms with E-state index in [1.807, 2.05) is 6.07 Å². The Morgan fingerprint density at radius 1 is 1.21 bits per heavy atom. The van der Waals surface area contributed by atoms with Crippen LogP contribution in [0.15, 0.2) is 48.7 Å². The first-order valence-corrected chi connectivity index (χ1v) is 10.6. The number of carbonyl (C=O) groups excluding carboxylic acids is 1. The van der Waals surface area contributed by atoms with E-state index < -0.39 is 5.92 Å². The van der Waals surface area contributed by atoms with E-state index in [1.54, 1.807) is 47.9 Å². The molecule has 1 aliphatic rings. The van der Waals surface area contributed by atoms with E-state index in [2.05, 4.69) is 10.4 Å². The lowest BCUT2D eigenvalue weighted by Crippen LogP contribution is -2.29. The molecule has 174 valence electrons. The SMILES string of the molecule is Cc1cc(C(=O)Nc2ccc(OCCN3CCC(F)(F)C3)c(-c3ccnn3C)c2)ccc1F. The Bertz CT molecular complexity index is 1160. The Kier molecular flexibility index (Phi) is 6.42. The number of rotatable bonds is 7. The van der Waals surface area contributed by atoms with Crippen molar-refractivity contribution >= 4 is 11.6 Å². The van der Waals surface area contributed by atoms with Crippen molar-refractivity contribution in [2.75, 3.05) is 31.6 Å². The van der Waals surface area contributed by atoms with E-state index in [0.717, 1.165) is 5.69 Å². The molecule has 0 radical (unpaired) electrons. The number of halogens is 3. The number of amides is 1. The van der Waals surface area contributed by atoms with Gasteiger partial charge in [-0.1, -0.05) is 0 Å². The highest BCUT2D eigenvalue weighted by atomic mass is 19.3. The molecular weight excluding hydrogens is 433 g/mol. The van der Waals surface area contributed by atoms with Gasteiger partial charge in [0, 0.05) is 49.6 Å². The van der Waals surface area contributed by atoms with E-state index in [1.165, 1.54) is 18.2 Å². The van der Waals surface area contributed by atoms with Crippen molar-refractivity contribution in [1.82, 2.24) is 14.7 Å². The second-order valence-corrected chi connectivity index (χ2v) is 8.20. The number of alkyl halides is 2. The van der Waals surface area contributed by atoms with Crippen LogP contribution in [0.4, 0.5) is 18.9 Å². The van der Waals surface area contributed by atoms with E-state index in [-0.39, 0.29) is 31.3 Å². The Balaban J connectivity index is 1.51. The summed E-state index contributed by atoms with van der Waals surface area (Å²) in [5.74, 6) is -2.81. The van der Waals surface area contributed by atoms with Crippen LogP contribution in [0.25, 0.3) is 11.3 Å². The average molecular weight is 458 g/mol. The fourth-order valence-corrected chi connectivity index (χ4v) is 3.84. The summed E-state index contributed by atoms with van der Waals surface area (Å²) < 4.78 is 48.0. The molecule has 0 aliphatic carbocycles. The van der Waals surface area contributed by atoms with E-state index in [0.29, 0.717) is 41.2 Å². The van der Waals surface area contributed by atoms with Crippen molar-refractivity contribution in [2.45, 2.75) is 19.3 Å². The van der Waals surface area contributed by atoms with Crippen LogP contribution in [-0.2, 0) is 7.05 Å². The molecule has 1 amide bonds. The monoisotopic (exact) mass is 458 g/mol. The number of anilines is 1. The smallest absolute Gasteiger partial charge is 0.261 e. The molecule has 6 nitrogen and oxygen atoms in total. The maximum atomic E-state index is 13.5. The predicted octanol–water partition coefficient (Wildman–Crippen LogP) is 4.51. The van der Waals surface area contributed by atoms with Gasteiger partial charge in [-0.2, -0.15) is 5.10 Å². The molecule has 2 aromatic carbocycles. The summed E-state index contributed by atoms with van der Waals surface area (Å²) in [6, 6.07) is 11.2. The van der Waals surface area contributed by atoms with Crippen LogP contribution >= 0.6 is 0 Å². The minimum atomic E-state index is -2.64. The lowest BCUT2D eigenvalue weighted by molar-refractivity contribution is 0.0113. The fraction of sp³-hybridized carbons (Fsp3) is 0.333. The normalized spacial score (nSPS) is 15.5. The summed E-state index contributed by atoms with van der Waals surface area (Å²) in [6.07, 6.45) is 1.52. The second kappa shape index (κ2) is 9.27. The third-order valence-electron chi connectivity index (χ3n) is 5.67. The second-order valence-electron chi connectivity index (χ2n) is 8.20. The van der Waals surface area contributed by atoms with Gasteiger partial charge in [-0.05, 0) is 55.0 Å². The number of nitrogens with zero attached hydrogens (tertiary/aromatic N) is 3. The molecule has 9 heteroatoms. The van der Waals surface area contributed by atoms with Crippen LogP contribution in [0.3, 0.4) is 0 Å². The van der Waals surface area contributed by atoms with Crippen molar-refractivity contribution in [3.05, 3.63) is 65.6 Å². The topological polar surface area (TPSA) is 59.4 Å². The maximum Gasteiger partial charge on any atom is 0.261 e. The van der Waals surface area contributed by atoms with Gasteiger partial charge in [0.25, 0.3) is 11.8 Å². The zero-order chi connectivity index (χ0) is 23.6. The fourth-order valence-electron chi connectivity index (χ4n) is 3.84. The number of carbonyl (C=O) groups is 1. The van der Waals surface area contributed by atoms with Crippen LogP contribution in [0, 0.1) is 12.7 Å². The predicted molar refractivity (Wildman–Crippen MR) is 119 cm³/mol. The molecule has 4 rings (SSSR count). The first-order chi connectivity index (χ1) is 15.7. The molecule has 33 heavy (non-hydrogen) atoms. The van der Waals surface area contributed by atoms with Gasteiger partial charge in [0.2, 0.25) is 0 Å². The van der Waals surface area contributed by atoms with Crippen molar-refractivity contribution in [3.8, 4) is 17.0 Å². The first-order valence-electron chi connectivity index (χ1n) is 10.6. The van der Waals surface area contributed by atoms with Crippen molar-refractivity contribution in [2.24, 2.45) is 7.05 Å². The number of hydrogen-bond acceptors (Lipinski definition) is 4. The number of ether oxygens (including phenoxy) is 1. The molecule has 1 saturated heterocycles. The quantitative estimate of drug-likeness (QED) is 0.566. The number of nitrogens with one attached hydrogen (secondary N) is 1. The molecular formula is C24H25F3N4O2. The van der Waals surface area contributed by atoms with Gasteiger partial charge in [0.1, 0.15) is 18.2 Å². The third-order valence-corrected chi connectivity index (χ3v) is 5.67. The molecule has 0 unspecified atom stereocenters.